The maximum Gasteiger partial charge on any atom is 0.416 e. The van der Waals surface area contributed by atoms with Crippen molar-refractivity contribution in [3.05, 3.63) is 90.0 Å². The van der Waals surface area contributed by atoms with Crippen LogP contribution in [0, 0.1) is 0 Å². The summed E-state index contributed by atoms with van der Waals surface area (Å²) >= 11 is 0. The second kappa shape index (κ2) is 10.4. The van der Waals surface area contributed by atoms with Gasteiger partial charge in [0.25, 0.3) is 0 Å². The van der Waals surface area contributed by atoms with Crippen LogP contribution in [-0.2, 0) is 27.5 Å². The number of rotatable bonds is 8. The van der Waals surface area contributed by atoms with E-state index in [0.717, 1.165) is 15.9 Å². The van der Waals surface area contributed by atoms with Gasteiger partial charge in [0.2, 0.25) is 15.9 Å². The maximum atomic E-state index is 13.6. The molecule has 180 valence electrons. The fraction of sp³-hybridized carbons (Fsp3) is 0.240. The molecule has 34 heavy (non-hydrogen) atoms. The van der Waals surface area contributed by atoms with Crippen LogP contribution in [0.25, 0.3) is 11.1 Å². The number of amides is 1. The van der Waals surface area contributed by atoms with Gasteiger partial charge in [-0.3, -0.25) is 4.79 Å². The van der Waals surface area contributed by atoms with Crippen LogP contribution in [0.3, 0.4) is 0 Å². The van der Waals surface area contributed by atoms with Crippen LogP contribution in [0.2, 0.25) is 0 Å². The van der Waals surface area contributed by atoms with Crippen LogP contribution < -0.4 is 5.32 Å². The molecule has 9 heteroatoms. The van der Waals surface area contributed by atoms with E-state index in [1.54, 1.807) is 62.4 Å². The van der Waals surface area contributed by atoms with Crippen LogP contribution in [-0.4, -0.2) is 31.2 Å². The van der Waals surface area contributed by atoms with E-state index in [2.05, 4.69) is 5.32 Å². The Morgan fingerprint density at radius 3 is 2.06 bits per heavy atom. The molecule has 0 spiro atoms. The average molecular weight is 491 g/mol. The second-order valence-electron chi connectivity index (χ2n) is 7.97. The van der Waals surface area contributed by atoms with Crippen LogP contribution >= 0.6 is 0 Å². The number of carbonyl (C=O) groups is 1. The minimum absolute atomic E-state index is 0.0337. The Labute approximate surface area is 197 Å². The van der Waals surface area contributed by atoms with Gasteiger partial charge in [-0.15, -0.1) is 0 Å². The lowest BCUT2D eigenvalue weighted by molar-refractivity contribution is -0.138. The summed E-state index contributed by atoms with van der Waals surface area (Å²) < 4.78 is 67.7. The molecule has 5 nitrogen and oxygen atoms in total. The smallest absolute Gasteiger partial charge is 0.351 e. The van der Waals surface area contributed by atoms with Crippen molar-refractivity contribution in [3.63, 3.8) is 0 Å². The lowest BCUT2D eigenvalue weighted by Gasteiger charge is -2.25. The van der Waals surface area contributed by atoms with Crippen LogP contribution in [0.5, 0.6) is 0 Å². The summed E-state index contributed by atoms with van der Waals surface area (Å²) in [4.78, 5) is 12.7. The number of alkyl halides is 3. The average Bonchev–Trinajstić information content (AvgIpc) is 2.81. The van der Waals surface area contributed by atoms with E-state index < -0.39 is 46.8 Å². The van der Waals surface area contributed by atoms with E-state index in [-0.39, 0.29) is 10.5 Å². The van der Waals surface area contributed by atoms with Crippen molar-refractivity contribution >= 4 is 15.9 Å². The number of hydrogen-bond donors (Lipinski definition) is 1. The summed E-state index contributed by atoms with van der Waals surface area (Å²) in [7, 11) is -3.96. The van der Waals surface area contributed by atoms with Crippen LogP contribution in [0.15, 0.2) is 83.8 Å². The topological polar surface area (TPSA) is 66.5 Å². The predicted octanol–water partition coefficient (Wildman–Crippen LogP) is 5.09. The van der Waals surface area contributed by atoms with Gasteiger partial charge in [0.15, 0.2) is 0 Å². The Hall–Kier alpha value is -3.17. The van der Waals surface area contributed by atoms with E-state index in [1.807, 2.05) is 0 Å². The fourth-order valence-electron chi connectivity index (χ4n) is 3.49. The Balaban J connectivity index is 1.81. The lowest BCUT2D eigenvalue weighted by atomic mass is 9.98. The molecule has 0 aliphatic heterocycles. The summed E-state index contributed by atoms with van der Waals surface area (Å²) in [5.41, 5.74) is 0.353. The zero-order valence-electron chi connectivity index (χ0n) is 18.7. The van der Waals surface area contributed by atoms with Gasteiger partial charge >= 0.3 is 6.18 Å². The van der Waals surface area contributed by atoms with Crippen molar-refractivity contribution in [2.75, 3.05) is 6.54 Å². The fourth-order valence-corrected chi connectivity index (χ4v) is 5.11. The van der Waals surface area contributed by atoms with E-state index in [9.17, 15) is 26.4 Å². The molecule has 0 bridgehead atoms. The summed E-state index contributed by atoms with van der Waals surface area (Å²) in [6, 6.07) is 19.8. The Kier molecular flexibility index (Phi) is 7.78. The molecular formula is C25H25F3N2O3S. The zero-order chi connectivity index (χ0) is 24.9. The van der Waals surface area contributed by atoms with Gasteiger partial charge in [0, 0.05) is 12.6 Å². The highest BCUT2D eigenvalue weighted by atomic mass is 32.2. The highest BCUT2D eigenvalue weighted by molar-refractivity contribution is 7.89. The first-order chi connectivity index (χ1) is 16.0. The number of sulfonamides is 1. The first-order valence-electron chi connectivity index (χ1n) is 10.6. The number of hydrogen-bond acceptors (Lipinski definition) is 3. The Morgan fingerprint density at radius 2 is 1.50 bits per heavy atom. The van der Waals surface area contributed by atoms with Crippen LogP contribution in [0.1, 0.15) is 25.0 Å². The Morgan fingerprint density at radius 1 is 0.912 bits per heavy atom. The summed E-state index contributed by atoms with van der Waals surface area (Å²) in [6.07, 6.45) is -4.60. The quantitative estimate of drug-likeness (QED) is 0.479. The largest absolute Gasteiger partial charge is 0.416 e. The van der Waals surface area contributed by atoms with E-state index in [1.165, 1.54) is 24.3 Å². The van der Waals surface area contributed by atoms with Crippen molar-refractivity contribution in [2.45, 2.75) is 37.5 Å². The molecule has 0 fully saturated rings. The molecule has 0 heterocycles. The molecule has 0 aliphatic carbocycles. The second-order valence-corrected chi connectivity index (χ2v) is 9.86. The molecule has 0 aliphatic rings. The van der Waals surface area contributed by atoms with Gasteiger partial charge in [-0.25, -0.2) is 8.42 Å². The van der Waals surface area contributed by atoms with E-state index in [0.29, 0.717) is 5.56 Å². The third-order valence-corrected chi connectivity index (χ3v) is 7.26. The molecule has 0 saturated heterocycles. The Bertz CT molecular complexity index is 1230. The number of nitrogens with zero attached hydrogens (tertiary/aromatic N) is 1. The van der Waals surface area contributed by atoms with Crippen molar-refractivity contribution in [3.8, 4) is 11.1 Å². The standard InChI is InChI=1S/C25H25F3N2O3S/c1-18(2)30(34(32,33)22-11-7-4-8-12-22)17-24(31)29-16-21-15-20(19-9-5-3-6-10-19)13-14-23(21)25(26,27)28/h3-15,18H,16-17H2,1-2H3,(H,29,31). The number of carbonyl (C=O) groups excluding carboxylic acids is 1. The molecule has 0 atom stereocenters. The lowest BCUT2D eigenvalue weighted by Crippen LogP contribution is -2.44. The highest BCUT2D eigenvalue weighted by Gasteiger charge is 2.34. The predicted molar refractivity (Wildman–Crippen MR) is 124 cm³/mol. The number of nitrogens with one attached hydrogen (secondary N) is 1. The normalized spacial score (nSPS) is 12.2. The summed E-state index contributed by atoms with van der Waals surface area (Å²) in [5.74, 6) is -0.702. The van der Waals surface area contributed by atoms with Gasteiger partial charge in [-0.05, 0) is 54.8 Å². The zero-order valence-corrected chi connectivity index (χ0v) is 19.5. The SMILES string of the molecule is CC(C)N(CC(=O)NCc1cc(-c2ccccc2)ccc1C(F)(F)F)S(=O)(=O)c1ccccc1. The van der Waals surface area contributed by atoms with Crippen LogP contribution in [0.4, 0.5) is 13.2 Å². The molecular weight excluding hydrogens is 465 g/mol. The molecule has 1 N–H and O–H groups in total. The van der Waals surface area contributed by atoms with Crippen molar-refractivity contribution in [1.82, 2.24) is 9.62 Å². The van der Waals surface area contributed by atoms with Crippen molar-refractivity contribution < 1.29 is 26.4 Å². The van der Waals surface area contributed by atoms with E-state index >= 15 is 0 Å². The van der Waals surface area contributed by atoms with Gasteiger partial charge < -0.3 is 5.32 Å². The molecule has 0 saturated carbocycles. The highest BCUT2D eigenvalue weighted by Crippen LogP contribution is 2.34. The minimum atomic E-state index is -4.60. The van der Waals surface area contributed by atoms with Crippen molar-refractivity contribution in [2.24, 2.45) is 0 Å². The minimum Gasteiger partial charge on any atom is -0.351 e. The number of halogens is 3. The molecule has 0 radical (unpaired) electrons. The van der Waals surface area contributed by atoms with Gasteiger partial charge in [0.1, 0.15) is 0 Å². The third-order valence-electron chi connectivity index (χ3n) is 5.22. The molecule has 3 rings (SSSR count). The maximum absolute atomic E-state index is 13.6. The van der Waals surface area contributed by atoms with Gasteiger partial charge in [0.05, 0.1) is 17.0 Å². The molecule has 0 unspecified atom stereocenters. The first kappa shape index (κ1) is 25.5. The monoisotopic (exact) mass is 490 g/mol. The molecule has 0 aromatic heterocycles. The van der Waals surface area contributed by atoms with Crippen molar-refractivity contribution in [1.29, 1.82) is 0 Å². The molecule has 3 aromatic rings. The summed E-state index contributed by atoms with van der Waals surface area (Å²) in [5, 5.41) is 2.45. The molecule has 1 amide bonds. The first-order valence-corrected chi connectivity index (χ1v) is 12.0. The van der Waals surface area contributed by atoms with E-state index in [4.69, 9.17) is 0 Å². The van der Waals surface area contributed by atoms with Gasteiger partial charge in [-0.2, -0.15) is 17.5 Å². The number of benzene rings is 3. The summed E-state index contributed by atoms with van der Waals surface area (Å²) in [6.45, 7) is 2.33. The molecule has 3 aromatic carbocycles. The van der Waals surface area contributed by atoms with Gasteiger partial charge in [-0.1, -0.05) is 54.6 Å². The third kappa shape index (κ3) is 6.03.